The fourth-order valence-corrected chi connectivity index (χ4v) is 2.60. The van der Waals surface area contributed by atoms with E-state index in [0.29, 0.717) is 6.54 Å². The lowest BCUT2D eigenvalue weighted by Crippen LogP contribution is -2.24. The van der Waals surface area contributed by atoms with Crippen LogP contribution in [0.15, 0.2) is 11.4 Å². The summed E-state index contributed by atoms with van der Waals surface area (Å²) in [5.41, 5.74) is 0.753. The topological polar surface area (TPSA) is 29.1 Å². The summed E-state index contributed by atoms with van der Waals surface area (Å²) in [6.07, 6.45) is 1.86. The first kappa shape index (κ1) is 13.3. The molecule has 1 N–H and O–H groups in total. The van der Waals surface area contributed by atoms with Crippen molar-refractivity contribution in [1.29, 1.82) is 0 Å². The molecule has 0 fully saturated rings. The molecule has 0 aromatic carbocycles. The first-order valence-electron chi connectivity index (χ1n) is 4.76. The number of hydrogen-bond donors (Lipinski definition) is 1. The standard InChI is InChI=1S/C10H13ClINOS/c1-7(11)3-2-4-13-10(14)8-5-9(12)15-6-8/h5-7H,2-4H2,1H3,(H,13,14). The normalized spacial score (nSPS) is 12.5. The summed E-state index contributed by atoms with van der Waals surface area (Å²) >= 11 is 9.59. The van der Waals surface area contributed by atoms with Crippen LogP contribution in [0.4, 0.5) is 0 Å². The van der Waals surface area contributed by atoms with Gasteiger partial charge in [0.2, 0.25) is 0 Å². The van der Waals surface area contributed by atoms with Crippen LogP contribution < -0.4 is 5.32 Å². The molecule has 0 aliphatic rings. The summed E-state index contributed by atoms with van der Waals surface area (Å²) in [5.74, 6) is 0.0105. The molecule has 1 atom stereocenters. The van der Waals surface area contributed by atoms with Crippen LogP contribution in [0.2, 0.25) is 0 Å². The maximum Gasteiger partial charge on any atom is 0.252 e. The van der Waals surface area contributed by atoms with Gasteiger partial charge in [-0.1, -0.05) is 0 Å². The van der Waals surface area contributed by atoms with Gasteiger partial charge in [-0.25, -0.2) is 0 Å². The first-order chi connectivity index (χ1) is 7.09. The number of thiophene rings is 1. The fraction of sp³-hybridized carbons (Fsp3) is 0.500. The predicted octanol–water partition coefficient (Wildman–Crippen LogP) is 3.49. The summed E-state index contributed by atoms with van der Waals surface area (Å²) in [6, 6.07) is 1.89. The van der Waals surface area contributed by atoms with Crippen molar-refractivity contribution in [3.05, 3.63) is 19.9 Å². The summed E-state index contributed by atoms with van der Waals surface area (Å²) < 4.78 is 1.13. The second-order valence-corrected chi connectivity index (χ2v) is 6.87. The van der Waals surface area contributed by atoms with Gasteiger partial charge in [0.05, 0.1) is 8.45 Å². The van der Waals surface area contributed by atoms with Crippen molar-refractivity contribution in [3.63, 3.8) is 0 Å². The van der Waals surface area contributed by atoms with Crippen molar-refractivity contribution in [1.82, 2.24) is 5.32 Å². The Bertz CT molecular complexity index is 327. The Morgan fingerprint density at radius 3 is 3.00 bits per heavy atom. The van der Waals surface area contributed by atoms with Crippen molar-refractivity contribution < 1.29 is 4.79 Å². The highest BCUT2D eigenvalue weighted by atomic mass is 127. The quantitative estimate of drug-likeness (QED) is 0.488. The smallest absolute Gasteiger partial charge is 0.252 e. The van der Waals surface area contributed by atoms with Gasteiger partial charge in [0.1, 0.15) is 0 Å². The minimum Gasteiger partial charge on any atom is -0.352 e. The molecule has 5 heteroatoms. The summed E-state index contributed by atoms with van der Waals surface area (Å²) in [7, 11) is 0. The van der Waals surface area contributed by atoms with Gasteiger partial charge in [-0.3, -0.25) is 4.79 Å². The van der Waals surface area contributed by atoms with Crippen molar-refractivity contribution in [2.75, 3.05) is 6.54 Å². The van der Waals surface area contributed by atoms with Crippen molar-refractivity contribution >= 4 is 51.4 Å². The minimum atomic E-state index is 0.0105. The Hall–Kier alpha value is 0.190. The van der Waals surface area contributed by atoms with Crippen molar-refractivity contribution in [3.8, 4) is 0 Å². The molecule has 1 rings (SSSR count). The van der Waals surface area contributed by atoms with Gasteiger partial charge in [0, 0.05) is 17.3 Å². The molecule has 0 spiro atoms. The highest BCUT2D eigenvalue weighted by Crippen LogP contribution is 2.16. The fourth-order valence-electron chi connectivity index (χ4n) is 1.12. The molecule has 1 amide bonds. The molecule has 0 saturated heterocycles. The molecular weight excluding hydrogens is 345 g/mol. The molecule has 0 aliphatic carbocycles. The zero-order valence-electron chi connectivity index (χ0n) is 8.43. The second-order valence-electron chi connectivity index (χ2n) is 3.32. The van der Waals surface area contributed by atoms with E-state index in [9.17, 15) is 4.79 Å². The lowest BCUT2D eigenvalue weighted by molar-refractivity contribution is 0.0953. The van der Waals surface area contributed by atoms with Crippen LogP contribution in [0.25, 0.3) is 0 Å². The van der Waals surface area contributed by atoms with Gasteiger partial charge in [-0.2, -0.15) is 0 Å². The largest absolute Gasteiger partial charge is 0.352 e. The van der Waals surface area contributed by atoms with Crippen LogP contribution in [0, 0.1) is 2.88 Å². The van der Waals surface area contributed by atoms with Crippen LogP contribution >= 0.6 is 45.5 Å². The molecule has 84 valence electrons. The maximum absolute atomic E-state index is 11.6. The van der Waals surface area contributed by atoms with Gasteiger partial charge in [-0.05, 0) is 48.4 Å². The van der Waals surface area contributed by atoms with E-state index >= 15 is 0 Å². The average molecular weight is 358 g/mol. The van der Waals surface area contributed by atoms with E-state index in [2.05, 4.69) is 27.9 Å². The zero-order chi connectivity index (χ0) is 11.3. The van der Waals surface area contributed by atoms with E-state index in [1.807, 2.05) is 18.4 Å². The van der Waals surface area contributed by atoms with Gasteiger partial charge in [-0.15, -0.1) is 22.9 Å². The Balaban J connectivity index is 2.25. The highest BCUT2D eigenvalue weighted by molar-refractivity contribution is 14.1. The lowest BCUT2D eigenvalue weighted by atomic mass is 10.2. The number of carbonyl (C=O) groups excluding carboxylic acids is 1. The number of alkyl halides is 1. The number of hydrogen-bond acceptors (Lipinski definition) is 2. The third kappa shape index (κ3) is 5.17. The average Bonchev–Trinajstić information content (AvgIpc) is 2.59. The predicted molar refractivity (Wildman–Crippen MR) is 73.9 cm³/mol. The number of rotatable bonds is 5. The molecule has 1 heterocycles. The summed E-state index contributed by atoms with van der Waals surface area (Å²) in [5, 5.41) is 4.93. The second kappa shape index (κ2) is 6.70. The highest BCUT2D eigenvalue weighted by Gasteiger charge is 2.06. The molecule has 15 heavy (non-hydrogen) atoms. The van der Waals surface area contributed by atoms with Crippen LogP contribution in [-0.2, 0) is 0 Å². The van der Waals surface area contributed by atoms with Crippen molar-refractivity contribution in [2.45, 2.75) is 25.1 Å². The zero-order valence-corrected chi connectivity index (χ0v) is 12.2. The Kier molecular flexibility index (Phi) is 5.92. The minimum absolute atomic E-state index is 0.0105. The van der Waals surface area contributed by atoms with E-state index in [-0.39, 0.29) is 11.3 Å². The Labute approximate surface area is 113 Å². The number of carbonyl (C=O) groups is 1. The van der Waals surface area contributed by atoms with Gasteiger partial charge in [0.25, 0.3) is 5.91 Å². The van der Waals surface area contributed by atoms with Crippen molar-refractivity contribution in [2.24, 2.45) is 0 Å². The molecule has 1 aromatic heterocycles. The van der Waals surface area contributed by atoms with Crippen LogP contribution in [0.1, 0.15) is 30.1 Å². The SMILES string of the molecule is CC(Cl)CCCNC(=O)c1csc(I)c1. The third-order valence-electron chi connectivity index (χ3n) is 1.89. The third-order valence-corrected chi connectivity index (χ3v) is 3.90. The van der Waals surface area contributed by atoms with Gasteiger partial charge >= 0.3 is 0 Å². The van der Waals surface area contributed by atoms with Crippen LogP contribution in [0.5, 0.6) is 0 Å². The summed E-state index contributed by atoms with van der Waals surface area (Å²) in [4.78, 5) is 11.6. The van der Waals surface area contributed by atoms with Gasteiger partial charge < -0.3 is 5.32 Å². The molecule has 0 radical (unpaired) electrons. The Morgan fingerprint density at radius 1 is 1.73 bits per heavy atom. The lowest BCUT2D eigenvalue weighted by Gasteiger charge is -2.04. The van der Waals surface area contributed by atoms with Gasteiger partial charge in [0.15, 0.2) is 0 Å². The Morgan fingerprint density at radius 2 is 2.47 bits per heavy atom. The molecular formula is C10H13ClINOS. The number of amides is 1. The molecule has 2 nitrogen and oxygen atoms in total. The van der Waals surface area contributed by atoms with Crippen LogP contribution in [0.3, 0.4) is 0 Å². The number of nitrogens with one attached hydrogen (secondary N) is 1. The molecule has 1 unspecified atom stereocenters. The first-order valence-corrected chi connectivity index (χ1v) is 7.15. The molecule has 1 aromatic rings. The van der Waals surface area contributed by atoms with E-state index in [1.54, 1.807) is 11.3 Å². The van der Waals surface area contributed by atoms with E-state index in [0.717, 1.165) is 21.3 Å². The number of halogens is 2. The van der Waals surface area contributed by atoms with Crippen LogP contribution in [-0.4, -0.2) is 17.8 Å². The van der Waals surface area contributed by atoms with E-state index in [1.165, 1.54) is 0 Å². The monoisotopic (exact) mass is 357 g/mol. The molecule has 0 aliphatic heterocycles. The van der Waals surface area contributed by atoms with E-state index in [4.69, 9.17) is 11.6 Å². The maximum atomic E-state index is 11.6. The van der Waals surface area contributed by atoms with E-state index < -0.39 is 0 Å². The molecule has 0 bridgehead atoms. The molecule has 0 saturated carbocycles. The summed E-state index contributed by atoms with van der Waals surface area (Å²) in [6.45, 7) is 2.66.